The van der Waals surface area contributed by atoms with E-state index < -0.39 is 0 Å². The molecular weight excluding hydrogens is 218 g/mol. The van der Waals surface area contributed by atoms with E-state index in [0.717, 1.165) is 5.92 Å². The molecule has 6 nitrogen and oxygen atoms in total. The highest BCUT2D eigenvalue weighted by atomic mass is 16.5. The van der Waals surface area contributed by atoms with E-state index in [4.69, 9.17) is 4.74 Å². The summed E-state index contributed by atoms with van der Waals surface area (Å²) < 4.78 is 5.30. The first kappa shape index (κ1) is 11.9. The fraction of sp³-hybridized carbons (Fsp3) is 0.727. The smallest absolute Gasteiger partial charge is 0.323 e. The van der Waals surface area contributed by atoms with Crippen LogP contribution >= 0.6 is 0 Å². The van der Waals surface area contributed by atoms with Gasteiger partial charge in [-0.3, -0.25) is 0 Å². The molecule has 0 aromatic carbocycles. The number of aromatic nitrogens is 3. The van der Waals surface area contributed by atoms with E-state index in [0.29, 0.717) is 30.6 Å². The Morgan fingerprint density at radius 1 is 1.24 bits per heavy atom. The van der Waals surface area contributed by atoms with Crippen molar-refractivity contribution in [1.29, 1.82) is 0 Å². The van der Waals surface area contributed by atoms with Gasteiger partial charge >= 0.3 is 6.01 Å². The summed E-state index contributed by atoms with van der Waals surface area (Å²) in [5, 5.41) is 6.21. The largest absolute Gasteiger partial charge is 0.464 e. The van der Waals surface area contributed by atoms with E-state index in [1.54, 1.807) is 7.05 Å². The summed E-state index contributed by atoms with van der Waals surface area (Å²) in [5.74, 6) is 1.87. The molecule has 1 saturated carbocycles. The van der Waals surface area contributed by atoms with E-state index >= 15 is 0 Å². The molecule has 1 heterocycles. The molecule has 1 aromatic heterocycles. The quantitative estimate of drug-likeness (QED) is 0.781. The molecule has 2 unspecified atom stereocenters. The van der Waals surface area contributed by atoms with E-state index in [-0.39, 0.29) is 0 Å². The summed E-state index contributed by atoms with van der Waals surface area (Å²) in [6, 6.07) is 0.865. The second-order valence-corrected chi connectivity index (χ2v) is 4.10. The van der Waals surface area contributed by atoms with E-state index in [9.17, 15) is 0 Å². The third kappa shape index (κ3) is 2.95. The van der Waals surface area contributed by atoms with Gasteiger partial charge in [0.1, 0.15) is 0 Å². The fourth-order valence-corrected chi connectivity index (χ4v) is 1.77. The van der Waals surface area contributed by atoms with Crippen molar-refractivity contribution in [3.8, 4) is 6.01 Å². The van der Waals surface area contributed by atoms with Crippen LogP contribution in [-0.2, 0) is 0 Å². The van der Waals surface area contributed by atoms with Gasteiger partial charge in [-0.15, -0.1) is 0 Å². The van der Waals surface area contributed by atoms with Crippen molar-refractivity contribution in [3.05, 3.63) is 0 Å². The fourth-order valence-electron chi connectivity index (χ4n) is 1.77. The molecule has 1 aliphatic rings. The van der Waals surface area contributed by atoms with Crippen molar-refractivity contribution < 1.29 is 4.74 Å². The maximum absolute atomic E-state index is 5.30. The number of anilines is 2. The summed E-state index contributed by atoms with van der Waals surface area (Å²) >= 11 is 0. The van der Waals surface area contributed by atoms with Gasteiger partial charge in [0, 0.05) is 13.1 Å². The van der Waals surface area contributed by atoms with Crippen LogP contribution in [0, 0.1) is 5.92 Å². The maximum atomic E-state index is 5.30. The highest BCUT2D eigenvalue weighted by Crippen LogP contribution is 2.35. The normalized spacial score (nSPS) is 22.1. The van der Waals surface area contributed by atoms with Crippen molar-refractivity contribution in [2.75, 3.05) is 24.3 Å². The lowest BCUT2D eigenvalue weighted by Gasteiger charge is -2.08. The summed E-state index contributed by atoms with van der Waals surface area (Å²) in [5.41, 5.74) is 0. The van der Waals surface area contributed by atoms with Crippen LogP contribution in [0.25, 0.3) is 0 Å². The second-order valence-electron chi connectivity index (χ2n) is 4.10. The van der Waals surface area contributed by atoms with Crippen LogP contribution in [-0.4, -0.2) is 34.6 Å². The molecule has 17 heavy (non-hydrogen) atoms. The second kappa shape index (κ2) is 5.16. The topological polar surface area (TPSA) is 72.0 Å². The highest BCUT2D eigenvalue weighted by molar-refractivity contribution is 5.37. The number of rotatable bonds is 6. The van der Waals surface area contributed by atoms with Crippen LogP contribution < -0.4 is 15.4 Å². The van der Waals surface area contributed by atoms with Crippen molar-refractivity contribution in [1.82, 2.24) is 15.0 Å². The third-order valence-electron chi connectivity index (χ3n) is 2.87. The maximum Gasteiger partial charge on any atom is 0.323 e. The van der Waals surface area contributed by atoms with E-state index in [1.165, 1.54) is 12.8 Å². The van der Waals surface area contributed by atoms with Crippen LogP contribution in [0.3, 0.4) is 0 Å². The van der Waals surface area contributed by atoms with Gasteiger partial charge in [0.25, 0.3) is 0 Å². The molecule has 2 atom stereocenters. The Labute approximate surface area is 101 Å². The first-order valence-corrected chi connectivity index (χ1v) is 6.10. The van der Waals surface area contributed by atoms with Crippen molar-refractivity contribution in [2.24, 2.45) is 5.92 Å². The Morgan fingerprint density at radius 3 is 2.59 bits per heavy atom. The molecule has 1 aromatic rings. The number of nitrogens with zero attached hydrogens (tertiary/aromatic N) is 3. The van der Waals surface area contributed by atoms with Crippen LogP contribution in [0.5, 0.6) is 6.01 Å². The summed E-state index contributed by atoms with van der Waals surface area (Å²) in [4.78, 5) is 12.6. The minimum absolute atomic E-state index is 0.364. The van der Waals surface area contributed by atoms with Gasteiger partial charge in [-0.1, -0.05) is 13.3 Å². The molecule has 2 rings (SSSR count). The standard InChI is InChI=1S/C11H19N5O/c1-4-7-6-8(7)13-10-14-9(12-3)15-11(16-10)17-5-2/h7-8H,4-6H2,1-3H3,(H2,12,13,14,15,16). The molecule has 0 bridgehead atoms. The highest BCUT2D eigenvalue weighted by Gasteiger charge is 2.35. The lowest BCUT2D eigenvalue weighted by Crippen LogP contribution is -2.11. The van der Waals surface area contributed by atoms with E-state index in [1.807, 2.05) is 6.92 Å². The first-order valence-electron chi connectivity index (χ1n) is 6.10. The Morgan fingerprint density at radius 2 is 2.00 bits per heavy atom. The van der Waals surface area contributed by atoms with Gasteiger partial charge in [0.05, 0.1) is 6.61 Å². The van der Waals surface area contributed by atoms with Crippen LogP contribution in [0.15, 0.2) is 0 Å². The molecule has 0 amide bonds. The van der Waals surface area contributed by atoms with E-state index in [2.05, 4.69) is 32.5 Å². The number of nitrogens with one attached hydrogen (secondary N) is 2. The molecule has 1 fully saturated rings. The van der Waals surface area contributed by atoms with Gasteiger partial charge in [-0.2, -0.15) is 15.0 Å². The molecule has 94 valence electrons. The Bertz CT molecular complexity index is 384. The van der Waals surface area contributed by atoms with Gasteiger partial charge < -0.3 is 15.4 Å². The van der Waals surface area contributed by atoms with Gasteiger partial charge in [0.15, 0.2) is 0 Å². The Hall–Kier alpha value is -1.59. The minimum atomic E-state index is 0.364. The summed E-state index contributed by atoms with van der Waals surface area (Å²) in [6.45, 7) is 4.65. The molecule has 0 saturated heterocycles. The summed E-state index contributed by atoms with van der Waals surface area (Å²) in [7, 11) is 1.78. The zero-order valence-corrected chi connectivity index (χ0v) is 10.5. The molecule has 2 N–H and O–H groups in total. The first-order chi connectivity index (χ1) is 8.26. The zero-order chi connectivity index (χ0) is 12.3. The molecular formula is C11H19N5O. The van der Waals surface area contributed by atoms with Crippen molar-refractivity contribution in [3.63, 3.8) is 0 Å². The number of ether oxygens (including phenoxy) is 1. The minimum Gasteiger partial charge on any atom is -0.464 e. The molecule has 6 heteroatoms. The van der Waals surface area contributed by atoms with Gasteiger partial charge in [-0.05, 0) is 19.3 Å². The lowest BCUT2D eigenvalue weighted by molar-refractivity contribution is 0.312. The molecule has 0 radical (unpaired) electrons. The average molecular weight is 237 g/mol. The third-order valence-corrected chi connectivity index (χ3v) is 2.87. The monoisotopic (exact) mass is 237 g/mol. The summed E-state index contributed by atoms with van der Waals surface area (Å²) in [6.07, 6.45) is 2.39. The number of hydrogen-bond donors (Lipinski definition) is 2. The molecule has 0 spiro atoms. The Balaban J connectivity index is 2.07. The Kier molecular flexibility index (Phi) is 3.61. The zero-order valence-electron chi connectivity index (χ0n) is 10.5. The lowest BCUT2D eigenvalue weighted by atomic mass is 10.3. The van der Waals surface area contributed by atoms with Crippen LogP contribution in [0.1, 0.15) is 26.7 Å². The molecule has 1 aliphatic carbocycles. The van der Waals surface area contributed by atoms with Crippen molar-refractivity contribution in [2.45, 2.75) is 32.7 Å². The van der Waals surface area contributed by atoms with Crippen LogP contribution in [0.4, 0.5) is 11.9 Å². The molecule has 0 aliphatic heterocycles. The van der Waals surface area contributed by atoms with Crippen LogP contribution in [0.2, 0.25) is 0 Å². The predicted octanol–water partition coefficient (Wildman–Crippen LogP) is 1.52. The average Bonchev–Trinajstić information content (AvgIpc) is 3.07. The van der Waals surface area contributed by atoms with Crippen molar-refractivity contribution >= 4 is 11.9 Å². The number of hydrogen-bond acceptors (Lipinski definition) is 6. The van der Waals surface area contributed by atoms with Gasteiger partial charge in [-0.25, -0.2) is 0 Å². The van der Waals surface area contributed by atoms with Gasteiger partial charge in [0.2, 0.25) is 11.9 Å². The SMILES string of the molecule is CCOc1nc(NC)nc(NC2CC2CC)n1. The predicted molar refractivity (Wildman–Crippen MR) is 66.4 cm³/mol.